The van der Waals surface area contributed by atoms with Gasteiger partial charge in [0.2, 0.25) is 11.9 Å². The molecule has 2 aromatic heterocycles. The molecule has 10 heteroatoms. The van der Waals surface area contributed by atoms with Gasteiger partial charge in [-0.15, -0.1) is 0 Å². The molecule has 0 amide bonds. The lowest BCUT2D eigenvalue weighted by Gasteiger charge is -2.07. The van der Waals surface area contributed by atoms with E-state index in [0.717, 1.165) is 18.2 Å². The smallest absolute Gasteiger partial charge is 0.258 e. The minimum atomic E-state index is -0.655. The lowest BCUT2D eigenvalue weighted by atomic mass is 10.3. The van der Waals surface area contributed by atoms with Gasteiger partial charge in [0.05, 0.1) is 5.69 Å². The highest BCUT2D eigenvalue weighted by atomic mass is 19.1. The van der Waals surface area contributed by atoms with Crippen molar-refractivity contribution in [3.05, 3.63) is 42.5 Å². The number of hydrogen-bond donors (Lipinski definition) is 2. The predicted octanol–water partition coefficient (Wildman–Crippen LogP) is 1.06. The summed E-state index contributed by atoms with van der Waals surface area (Å²) in [5, 5.41) is 6.38. The van der Waals surface area contributed by atoms with E-state index in [-0.39, 0.29) is 23.5 Å². The SMILES string of the molecule is Nc1nc(Nc2cc(F)ccc2F)nc(-n2cncn2)n1. The molecule has 3 N–H and O–H groups in total. The first kappa shape index (κ1) is 12.8. The van der Waals surface area contributed by atoms with Crippen molar-refractivity contribution in [3.63, 3.8) is 0 Å². The molecule has 8 nitrogen and oxygen atoms in total. The monoisotopic (exact) mass is 290 g/mol. The van der Waals surface area contributed by atoms with Crippen LogP contribution in [0.2, 0.25) is 0 Å². The quantitative estimate of drug-likeness (QED) is 0.742. The lowest BCUT2D eigenvalue weighted by Crippen LogP contribution is -2.10. The molecule has 0 unspecified atom stereocenters. The second kappa shape index (κ2) is 5.07. The van der Waals surface area contributed by atoms with Crippen molar-refractivity contribution < 1.29 is 8.78 Å². The van der Waals surface area contributed by atoms with Crippen LogP contribution < -0.4 is 11.1 Å². The number of rotatable bonds is 3. The zero-order valence-corrected chi connectivity index (χ0v) is 10.4. The molecule has 0 bridgehead atoms. The normalized spacial score (nSPS) is 10.6. The van der Waals surface area contributed by atoms with Gasteiger partial charge in [-0.2, -0.15) is 24.7 Å². The third kappa shape index (κ3) is 2.73. The number of halogens is 2. The maximum atomic E-state index is 13.6. The van der Waals surface area contributed by atoms with Crippen molar-refractivity contribution in [3.8, 4) is 5.95 Å². The van der Waals surface area contributed by atoms with Crippen LogP contribution in [-0.2, 0) is 0 Å². The summed E-state index contributed by atoms with van der Waals surface area (Å²) < 4.78 is 28.0. The van der Waals surface area contributed by atoms with Crippen molar-refractivity contribution in [1.29, 1.82) is 0 Å². The zero-order valence-electron chi connectivity index (χ0n) is 10.4. The number of aromatic nitrogens is 6. The first-order valence-corrected chi connectivity index (χ1v) is 5.70. The van der Waals surface area contributed by atoms with Crippen molar-refractivity contribution in [2.75, 3.05) is 11.1 Å². The van der Waals surface area contributed by atoms with Crippen LogP contribution in [0.3, 0.4) is 0 Å². The Bertz CT molecular complexity index is 774. The molecule has 21 heavy (non-hydrogen) atoms. The van der Waals surface area contributed by atoms with E-state index in [0.29, 0.717) is 0 Å². The maximum absolute atomic E-state index is 13.6. The van der Waals surface area contributed by atoms with Gasteiger partial charge in [-0.25, -0.2) is 13.8 Å². The van der Waals surface area contributed by atoms with E-state index in [1.165, 1.54) is 17.3 Å². The summed E-state index contributed by atoms with van der Waals surface area (Å²) in [6, 6.07) is 2.97. The van der Waals surface area contributed by atoms with Gasteiger partial charge in [0.1, 0.15) is 24.3 Å². The van der Waals surface area contributed by atoms with Gasteiger partial charge < -0.3 is 11.1 Å². The predicted molar refractivity (Wildman–Crippen MR) is 68.8 cm³/mol. The molecule has 0 saturated heterocycles. The maximum Gasteiger partial charge on any atom is 0.258 e. The Hall–Kier alpha value is -3.17. The Labute approximate surface area is 116 Å². The van der Waals surface area contributed by atoms with E-state index in [2.05, 4.69) is 30.4 Å². The highest BCUT2D eigenvalue weighted by Gasteiger charge is 2.10. The van der Waals surface area contributed by atoms with Crippen LogP contribution in [-0.4, -0.2) is 29.7 Å². The minimum absolute atomic E-state index is 0.0440. The summed E-state index contributed by atoms with van der Waals surface area (Å²) in [4.78, 5) is 15.4. The Morgan fingerprint density at radius 1 is 1.14 bits per heavy atom. The summed E-state index contributed by atoms with van der Waals surface area (Å²) in [7, 11) is 0. The van der Waals surface area contributed by atoms with Crippen LogP contribution in [0.1, 0.15) is 0 Å². The summed E-state index contributed by atoms with van der Waals surface area (Å²) in [5.41, 5.74) is 5.44. The molecule has 0 atom stereocenters. The average molecular weight is 290 g/mol. The molecule has 0 fully saturated rings. The van der Waals surface area contributed by atoms with Gasteiger partial charge in [-0.3, -0.25) is 0 Å². The van der Waals surface area contributed by atoms with Gasteiger partial charge in [-0.1, -0.05) is 0 Å². The van der Waals surface area contributed by atoms with Gasteiger partial charge in [-0.05, 0) is 12.1 Å². The van der Waals surface area contributed by atoms with E-state index >= 15 is 0 Å². The minimum Gasteiger partial charge on any atom is -0.368 e. The second-order valence-corrected chi connectivity index (χ2v) is 3.91. The molecule has 0 aliphatic heterocycles. The van der Waals surface area contributed by atoms with Crippen molar-refractivity contribution >= 4 is 17.6 Å². The van der Waals surface area contributed by atoms with E-state index < -0.39 is 11.6 Å². The Balaban J connectivity index is 1.97. The topological polar surface area (TPSA) is 107 Å². The van der Waals surface area contributed by atoms with Crippen molar-refractivity contribution in [1.82, 2.24) is 29.7 Å². The number of hydrogen-bond acceptors (Lipinski definition) is 7. The van der Waals surface area contributed by atoms with Gasteiger partial charge in [0.15, 0.2) is 0 Å². The van der Waals surface area contributed by atoms with Crippen LogP contribution in [0, 0.1) is 11.6 Å². The number of nitrogen functional groups attached to an aromatic ring is 1. The first-order chi connectivity index (χ1) is 10.1. The van der Waals surface area contributed by atoms with Gasteiger partial charge >= 0.3 is 0 Å². The fourth-order valence-corrected chi connectivity index (χ4v) is 1.56. The molecule has 0 radical (unpaired) electrons. The van der Waals surface area contributed by atoms with Crippen LogP contribution in [0.15, 0.2) is 30.9 Å². The molecule has 3 rings (SSSR count). The fourth-order valence-electron chi connectivity index (χ4n) is 1.56. The Morgan fingerprint density at radius 3 is 2.76 bits per heavy atom. The number of benzene rings is 1. The highest BCUT2D eigenvalue weighted by Crippen LogP contribution is 2.19. The molecule has 1 aromatic carbocycles. The lowest BCUT2D eigenvalue weighted by molar-refractivity contribution is 0.603. The van der Waals surface area contributed by atoms with Gasteiger partial charge in [0.25, 0.3) is 5.95 Å². The van der Waals surface area contributed by atoms with Crippen molar-refractivity contribution in [2.45, 2.75) is 0 Å². The first-order valence-electron chi connectivity index (χ1n) is 5.70. The standard InChI is InChI=1S/C11H8F2N8/c12-6-1-2-7(13)8(3-6)17-10-18-9(14)19-11(20-10)21-5-15-4-16-21/h1-5H,(H3,14,17,18,19,20). The molecule has 0 spiro atoms. The molecule has 0 aliphatic carbocycles. The third-order valence-corrected chi connectivity index (χ3v) is 2.44. The van der Waals surface area contributed by atoms with E-state index in [9.17, 15) is 8.78 Å². The van der Waals surface area contributed by atoms with Crippen LogP contribution in [0.25, 0.3) is 5.95 Å². The summed E-state index contributed by atoms with van der Waals surface area (Å²) in [5.74, 6) is -1.30. The second-order valence-electron chi connectivity index (χ2n) is 3.91. The largest absolute Gasteiger partial charge is 0.368 e. The Kier molecular flexibility index (Phi) is 3.10. The average Bonchev–Trinajstić information content (AvgIpc) is 2.96. The molecule has 3 aromatic rings. The molecule has 2 heterocycles. The molecular weight excluding hydrogens is 282 g/mol. The number of nitrogens with zero attached hydrogens (tertiary/aromatic N) is 6. The van der Waals surface area contributed by atoms with Crippen LogP contribution >= 0.6 is 0 Å². The molecule has 106 valence electrons. The van der Waals surface area contributed by atoms with E-state index in [1.807, 2.05) is 0 Å². The molecule has 0 saturated carbocycles. The van der Waals surface area contributed by atoms with Gasteiger partial charge in [0, 0.05) is 6.07 Å². The number of nitrogens with two attached hydrogens (primary N) is 1. The van der Waals surface area contributed by atoms with E-state index in [4.69, 9.17) is 5.73 Å². The summed E-state index contributed by atoms with van der Waals surface area (Å²) in [6.07, 6.45) is 2.65. The number of anilines is 3. The summed E-state index contributed by atoms with van der Waals surface area (Å²) in [6.45, 7) is 0. The molecular formula is C11H8F2N8. The highest BCUT2D eigenvalue weighted by molar-refractivity contribution is 5.55. The van der Waals surface area contributed by atoms with Crippen LogP contribution in [0.4, 0.5) is 26.4 Å². The third-order valence-electron chi connectivity index (χ3n) is 2.44. The zero-order chi connectivity index (χ0) is 14.8. The van der Waals surface area contributed by atoms with Crippen LogP contribution in [0.5, 0.6) is 0 Å². The van der Waals surface area contributed by atoms with Crippen molar-refractivity contribution in [2.24, 2.45) is 0 Å². The fraction of sp³-hybridized carbons (Fsp3) is 0. The van der Waals surface area contributed by atoms with E-state index in [1.54, 1.807) is 0 Å². The Morgan fingerprint density at radius 2 is 2.00 bits per heavy atom. The molecule has 0 aliphatic rings. The number of nitrogens with one attached hydrogen (secondary N) is 1. The summed E-state index contributed by atoms with van der Waals surface area (Å²) >= 11 is 0.